The van der Waals surface area contributed by atoms with Crippen LogP contribution in [-0.2, 0) is 11.8 Å². The number of rotatable bonds is 5. The monoisotopic (exact) mass is 394 g/mol. The smallest absolute Gasteiger partial charge is 0.234 e. The first-order chi connectivity index (χ1) is 12.0. The molecule has 0 radical (unpaired) electrons. The number of thioether (sulfide) groups is 1. The van der Waals surface area contributed by atoms with E-state index in [1.54, 1.807) is 48.4 Å². The molecule has 0 aliphatic rings. The van der Waals surface area contributed by atoms with E-state index in [4.69, 9.17) is 23.2 Å². The molecule has 128 valence electrons. The Morgan fingerprint density at radius 3 is 2.64 bits per heavy atom. The van der Waals surface area contributed by atoms with E-state index in [0.29, 0.717) is 32.4 Å². The molecule has 10 heteroatoms. The number of hydrogen-bond acceptors (Lipinski definition) is 6. The molecule has 0 saturated carbocycles. The SMILES string of the molecule is Cn1c(SCC(=O)Nc2cc(Cl)cc(Cl)c2)nnc1-c1cnccn1. The molecule has 0 aliphatic carbocycles. The van der Waals surface area contributed by atoms with E-state index in [2.05, 4.69) is 25.5 Å². The Morgan fingerprint density at radius 2 is 1.96 bits per heavy atom. The van der Waals surface area contributed by atoms with Crippen molar-refractivity contribution in [3.63, 3.8) is 0 Å². The molecule has 3 rings (SSSR count). The van der Waals surface area contributed by atoms with E-state index >= 15 is 0 Å². The van der Waals surface area contributed by atoms with Crippen LogP contribution in [0.4, 0.5) is 5.69 Å². The summed E-state index contributed by atoms with van der Waals surface area (Å²) >= 11 is 13.1. The average Bonchev–Trinajstić information content (AvgIpc) is 2.93. The first-order valence-electron chi connectivity index (χ1n) is 7.07. The Bertz CT molecular complexity index is 882. The third-order valence-corrected chi connectivity index (χ3v) is 4.56. The first-order valence-corrected chi connectivity index (χ1v) is 8.81. The van der Waals surface area contributed by atoms with E-state index < -0.39 is 0 Å². The highest BCUT2D eigenvalue weighted by molar-refractivity contribution is 7.99. The lowest BCUT2D eigenvalue weighted by atomic mass is 10.3. The van der Waals surface area contributed by atoms with E-state index in [9.17, 15) is 4.79 Å². The van der Waals surface area contributed by atoms with Gasteiger partial charge in [-0.1, -0.05) is 35.0 Å². The molecule has 0 spiro atoms. The quantitative estimate of drug-likeness (QED) is 0.668. The van der Waals surface area contributed by atoms with Crippen molar-refractivity contribution < 1.29 is 4.79 Å². The molecule has 0 fully saturated rings. The highest BCUT2D eigenvalue weighted by atomic mass is 35.5. The lowest BCUT2D eigenvalue weighted by Crippen LogP contribution is -2.14. The maximum atomic E-state index is 12.1. The van der Waals surface area contributed by atoms with Gasteiger partial charge in [0, 0.05) is 35.2 Å². The third kappa shape index (κ3) is 4.47. The summed E-state index contributed by atoms with van der Waals surface area (Å²) in [5, 5.41) is 12.4. The maximum Gasteiger partial charge on any atom is 0.234 e. The number of amides is 1. The van der Waals surface area contributed by atoms with Gasteiger partial charge in [-0.25, -0.2) is 4.98 Å². The third-order valence-electron chi connectivity index (χ3n) is 3.11. The number of benzene rings is 1. The number of aromatic nitrogens is 5. The molecule has 2 aromatic heterocycles. The summed E-state index contributed by atoms with van der Waals surface area (Å²) in [6.07, 6.45) is 4.77. The number of nitrogens with one attached hydrogen (secondary N) is 1. The second-order valence-electron chi connectivity index (χ2n) is 4.95. The van der Waals surface area contributed by atoms with Gasteiger partial charge in [0.2, 0.25) is 5.91 Å². The van der Waals surface area contributed by atoms with Gasteiger partial charge in [0.05, 0.1) is 11.9 Å². The van der Waals surface area contributed by atoms with Gasteiger partial charge in [0.1, 0.15) is 5.69 Å². The highest BCUT2D eigenvalue weighted by Crippen LogP contribution is 2.24. The average molecular weight is 395 g/mol. The Morgan fingerprint density at radius 1 is 1.20 bits per heavy atom. The topological polar surface area (TPSA) is 85.6 Å². The summed E-state index contributed by atoms with van der Waals surface area (Å²) in [6, 6.07) is 4.86. The van der Waals surface area contributed by atoms with Crippen LogP contribution in [0.5, 0.6) is 0 Å². The second-order valence-corrected chi connectivity index (χ2v) is 6.77. The summed E-state index contributed by atoms with van der Waals surface area (Å²) in [4.78, 5) is 20.3. The normalized spacial score (nSPS) is 10.7. The van der Waals surface area contributed by atoms with Crippen molar-refractivity contribution in [2.75, 3.05) is 11.1 Å². The fourth-order valence-corrected chi connectivity index (χ4v) is 3.27. The number of carbonyl (C=O) groups is 1. The van der Waals surface area contributed by atoms with Crippen molar-refractivity contribution in [2.45, 2.75) is 5.16 Å². The minimum Gasteiger partial charge on any atom is -0.325 e. The van der Waals surface area contributed by atoms with Crippen molar-refractivity contribution in [1.29, 1.82) is 0 Å². The van der Waals surface area contributed by atoms with Crippen LogP contribution in [0.3, 0.4) is 0 Å². The van der Waals surface area contributed by atoms with E-state index in [1.807, 2.05) is 0 Å². The fourth-order valence-electron chi connectivity index (χ4n) is 2.03. The van der Waals surface area contributed by atoms with Gasteiger partial charge in [-0.15, -0.1) is 10.2 Å². The molecule has 1 aromatic carbocycles. The molecule has 7 nitrogen and oxygen atoms in total. The summed E-state index contributed by atoms with van der Waals surface area (Å²) in [6.45, 7) is 0. The number of halogens is 2. The fraction of sp³-hybridized carbons (Fsp3) is 0.133. The standard InChI is InChI=1S/C15H12Cl2N6OS/c1-23-14(12-7-18-2-3-19-12)21-22-15(23)25-8-13(24)20-11-5-9(16)4-10(17)6-11/h2-7H,8H2,1H3,(H,20,24). The molecular formula is C15H12Cl2N6OS. The van der Waals surface area contributed by atoms with Crippen molar-refractivity contribution in [3.05, 3.63) is 46.8 Å². The van der Waals surface area contributed by atoms with E-state index in [-0.39, 0.29) is 11.7 Å². The van der Waals surface area contributed by atoms with Crippen LogP contribution in [0.15, 0.2) is 41.9 Å². The molecule has 0 saturated heterocycles. The van der Waals surface area contributed by atoms with Crippen molar-refractivity contribution in [2.24, 2.45) is 7.05 Å². The van der Waals surface area contributed by atoms with Gasteiger partial charge in [0.25, 0.3) is 0 Å². The number of carbonyl (C=O) groups excluding carboxylic acids is 1. The number of hydrogen-bond donors (Lipinski definition) is 1. The van der Waals surface area contributed by atoms with Gasteiger partial charge in [0.15, 0.2) is 11.0 Å². The second kappa shape index (κ2) is 7.81. The minimum absolute atomic E-state index is 0.163. The Kier molecular flexibility index (Phi) is 5.52. The van der Waals surface area contributed by atoms with Gasteiger partial charge in [-0.3, -0.25) is 9.78 Å². The lowest BCUT2D eigenvalue weighted by Gasteiger charge is -2.06. The van der Waals surface area contributed by atoms with Crippen LogP contribution in [0.2, 0.25) is 10.0 Å². The van der Waals surface area contributed by atoms with Crippen LogP contribution in [0.25, 0.3) is 11.5 Å². The molecule has 0 bridgehead atoms. The molecule has 0 aliphatic heterocycles. The molecule has 3 aromatic rings. The summed E-state index contributed by atoms with van der Waals surface area (Å²) < 4.78 is 1.76. The molecule has 0 atom stereocenters. The van der Waals surface area contributed by atoms with Gasteiger partial charge in [-0.05, 0) is 18.2 Å². The zero-order chi connectivity index (χ0) is 17.8. The van der Waals surface area contributed by atoms with Gasteiger partial charge in [-0.2, -0.15) is 0 Å². The highest BCUT2D eigenvalue weighted by Gasteiger charge is 2.14. The van der Waals surface area contributed by atoms with Crippen LogP contribution in [0.1, 0.15) is 0 Å². The molecule has 25 heavy (non-hydrogen) atoms. The summed E-state index contributed by atoms with van der Waals surface area (Å²) in [5.74, 6) is 0.543. The summed E-state index contributed by atoms with van der Waals surface area (Å²) in [5.41, 5.74) is 1.16. The first kappa shape index (κ1) is 17.7. The number of anilines is 1. The molecule has 1 N–H and O–H groups in total. The van der Waals surface area contributed by atoms with Gasteiger partial charge >= 0.3 is 0 Å². The van der Waals surface area contributed by atoms with E-state index in [0.717, 1.165) is 0 Å². The van der Waals surface area contributed by atoms with Crippen molar-refractivity contribution >= 4 is 46.6 Å². The van der Waals surface area contributed by atoms with Crippen LogP contribution < -0.4 is 5.32 Å². The van der Waals surface area contributed by atoms with E-state index in [1.165, 1.54) is 11.8 Å². The largest absolute Gasteiger partial charge is 0.325 e. The molecular weight excluding hydrogens is 383 g/mol. The lowest BCUT2D eigenvalue weighted by molar-refractivity contribution is -0.113. The van der Waals surface area contributed by atoms with Crippen molar-refractivity contribution in [3.8, 4) is 11.5 Å². The maximum absolute atomic E-state index is 12.1. The Hall–Kier alpha value is -2.16. The predicted molar refractivity (Wildman–Crippen MR) is 97.8 cm³/mol. The molecule has 2 heterocycles. The Labute approximate surface area is 157 Å². The molecule has 0 unspecified atom stereocenters. The van der Waals surface area contributed by atoms with Crippen LogP contribution >= 0.6 is 35.0 Å². The van der Waals surface area contributed by atoms with Crippen LogP contribution in [0, 0.1) is 0 Å². The van der Waals surface area contributed by atoms with Crippen LogP contribution in [-0.4, -0.2) is 36.4 Å². The summed E-state index contributed by atoms with van der Waals surface area (Å²) in [7, 11) is 1.81. The number of nitrogens with zero attached hydrogens (tertiary/aromatic N) is 5. The zero-order valence-corrected chi connectivity index (χ0v) is 15.3. The zero-order valence-electron chi connectivity index (χ0n) is 13.0. The molecule has 1 amide bonds. The predicted octanol–water partition coefficient (Wildman–Crippen LogP) is 3.31. The van der Waals surface area contributed by atoms with Gasteiger partial charge < -0.3 is 9.88 Å². The van der Waals surface area contributed by atoms with Crippen molar-refractivity contribution in [1.82, 2.24) is 24.7 Å². The Balaban J connectivity index is 1.64. The minimum atomic E-state index is -0.201.